The van der Waals surface area contributed by atoms with Crippen LogP contribution in [0, 0.1) is 11.8 Å². The van der Waals surface area contributed by atoms with Crippen LogP contribution in [0.1, 0.15) is 43.6 Å². The summed E-state index contributed by atoms with van der Waals surface area (Å²) in [5, 5.41) is 0. The minimum atomic E-state index is -4.42. The van der Waals surface area contributed by atoms with Crippen LogP contribution >= 0.6 is 0 Å². The number of amides is 1. The summed E-state index contributed by atoms with van der Waals surface area (Å²) >= 11 is 0. The average Bonchev–Trinajstić information content (AvgIpc) is 2.69. The van der Waals surface area contributed by atoms with Crippen molar-refractivity contribution in [3.05, 3.63) is 56.2 Å². The van der Waals surface area contributed by atoms with Crippen LogP contribution in [0.2, 0.25) is 0 Å². The number of H-pyrrole nitrogens is 1. The van der Waals surface area contributed by atoms with Gasteiger partial charge in [0.2, 0.25) is 0 Å². The number of benzene rings is 1. The number of aromatic nitrogens is 2. The maximum absolute atomic E-state index is 13.3. The van der Waals surface area contributed by atoms with Crippen LogP contribution in [0.15, 0.2) is 33.9 Å². The quantitative estimate of drug-likeness (QED) is 0.585. The number of rotatable bonds is 9. The van der Waals surface area contributed by atoms with Gasteiger partial charge in [0.1, 0.15) is 12.4 Å². The normalized spacial score (nSPS) is 11.9. The second kappa shape index (κ2) is 10.7. The summed E-state index contributed by atoms with van der Waals surface area (Å²) in [5.74, 6) is -0.611. The predicted octanol–water partition coefficient (Wildman–Crippen LogP) is 3.16. The minimum Gasteiger partial charge on any atom is -0.383 e. The molecule has 0 fully saturated rings. The zero-order valence-electron chi connectivity index (χ0n) is 19.0. The molecule has 1 aromatic carbocycles. The Balaban J connectivity index is 2.39. The highest BCUT2D eigenvalue weighted by atomic mass is 19.4. The summed E-state index contributed by atoms with van der Waals surface area (Å²) in [7, 11) is 0. The van der Waals surface area contributed by atoms with Gasteiger partial charge in [-0.3, -0.25) is 19.1 Å². The molecule has 1 amide bonds. The van der Waals surface area contributed by atoms with Crippen molar-refractivity contribution in [3.63, 3.8) is 0 Å². The van der Waals surface area contributed by atoms with Gasteiger partial charge in [-0.1, -0.05) is 39.8 Å². The summed E-state index contributed by atoms with van der Waals surface area (Å²) in [5.41, 5.74) is 5.29. The molecular weight excluding hydrogens is 441 g/mol. The van der Waals surface area contributed by atoms with E-state index in [9.17, 15) is 27.6 Å². The molecule has 1 aromatic heterocycles. The first-order valence-electron chi connectivity index (χ1n) is 10.5. The van der Waals surface area contributed by atoms with E-state index >= 15 is 0 Å². The van der Waals surface area contributed by atoms with Crippen molar-refractivity contribution in [1.82, 2.24) is 9.55 Å². The number of nitrogen functional groups attached to an aromatic ring is 1. The van der Waals surface area contributed by atoms with E-state index in [4.69, 9.17) is 5.73 Å². The van der Waals surface area contributed by atoms with E-state index in [0.717, 1.165) is 0 Å². The molecule has 0 aliphatic carbocycles. The highest BCUT2D eigenvalue weighted by Crippen LogP contribution is 2.22. The molecule has 1 heterocycles. The molecule has 0 bridgehead atoms. The lowest BCUT2D eigenvalue weighted by molar-refractivity contribution is -0.176. The Morgan fingerprint density at radius 2 is 1.73 bits per heavy atom. The third-order valence-electron chi connectivity index (χ3n) is 4.56. The summed E-state index contributed by atoms with van der Waals surface area (Å²) in [4.78, 5) is 41.7. The fourth-order valence-corrected chi connectivity index (χ4v) is 3.21. The Kier molecular flexibility index (Phi) is 8.48. The second-order valence-electron chi connectivity index (χ2n) is 8.61. The van der Waals surface area contributed by atoms with Gasteiger partial charge in [-0.25, -0.2) is 4.79 Å². The monoisotopic (exact) mass is 470 g/mol. The number of carbonyl (C=O) groups excluding carboxylic acids is 1. The minimum absolute atomic E-state index is 0.0340. The molecule has 0 saturated carbocycles. The van der Waals surface area contributed by atoms with Crippen molar-refractivity contribution >= 4 is 17.4 Å². The number of nitrogens with one attached hydrogen (secondary N) is 1. The number of carbonyl (C=O) groups is 1. The SMILES string of the molecule is CC(C)CN(C(=O)c1ccc(COCC(F)(F)F)cc1)c1c(N)n(CC(C)C)c(=O)[nH]c1=O. The summed E-state index contributed by atoms with van der Waals surface area (Å²) in [6.45, 7) is 6.25. The second-order valence-corrected chi connectivity index (χ2v) is 8.61. The van der Waals surface area contributed by atoms with Crippen LogP contribution in [-0.2, 0) is 17.9 Å². The fourth-order valence-electron chi connectivity index (χ4n) is 3.21. The summed E-state index contributed by atoms with van der Waals surface area (Å²) in [6.07, 6.45) is -4.42. The number of nitrogens with two attached hydrogens (primary N) is 1. The van der Waals surface area contributed by atoms with Gasteiger partial charge in [-0.05, 0) is 29.5 Å². The lowest BCUT2D eigenvalue weighted by Crippen LogP contribution is -2.43. The number of halogens is 3. The Morgan fingerprint density at radius 1 is 1.12 bits per heavy atom. The van der Waals surface area contributed by atoms with Gasteiger partial charge in [-0.2, -0.15) is 13.2 Å². The van der Waals surface area contributed by atoms with Crippen LogP contribution in [0.4, 0.5) is 24.7 Å². The van der Waals surface area contributed by atoms with Crippen LogP contribution < -0.4 is 21.9 Å². The van der Waals surface area contributed by atoms with Gasteiger partial charge >= 0.3 is 11.9 Å². The van der Waals surface area contributed by atoms with E-state index in [2.05, 4.69) is 9.72 Å². The van der Waals surface area contributed by atoms with Crippen LogP contribution in [0.25, 0.3) is 0 Å². The van der Waals surface area contributed by atoms with Crippen molar-refractivity contribution in [2.75, 3.05) is 23.8 Å². The highest BCUT2D eigenvalue weighted by molar-refractivity contribution is 6.07. The van der Waals surface area contributed by atoms with E-state index in [1.54, 1.807) is 0 Å². The number of hydrogen-bond donors (Lipinski definition) is 2. The number of hydrogen-bond acceptors (Lipinski definition) is 5. The first kappa shape index (κ1) is 26.2. The topological polar surface area (TPSA) is 110 Å². The molecule has 2 aromatic rings. The van der Waals surface area contributed by atoms with Gasteiger partial charge in [0.15, 0.2) is 5.69 Å². The standard InChI is InChI=1S/C22H29F3N4O4/c1-13(2)9-28(17-18(26)29(10-14(3)4)21(32)27-19(17)30)20(31)16-7-5-15(6-8-16)11-33-12-22(23,24)25/h5-8,13-14H,9-12,26H2,1-4H3,(H,27,30,32). The molecule has 0 aliphatic heterocycles. The molecule has 11 heteroatoms. The molecule has 0 spiro atoms. The molecule has 0 radical (unpaired) electrons. The molecule has 0 unspecified atom stereocenters. The number of alkyl halides is 3. The largest absolute Gasteiger partial charge is 0.411 e. The van der Waals surface area contributed by atoms with Crippen molar-refractivity contribution in [1.29, 1.82) is 0 Å². The van der Waals surface area contributed by atoms with Crippen molar-refractivity contribution in [2.24, 2.45) is 11.8 Å². The number of anilines is 2. The zero-order chi connectivity index (χ0) is 24.9. The fraction of sp³-hybridized carbons (Fsp3) is 0.500. The lowest BCUT2D eigenvalue weighted by Gasteiger charge is -2.26. The number of nitrogens with zero attached hydrogens (tertiary/aromatic N) is 2. The molecule has 0 saturated heterocycles. The third-order valence-corrected chi connectivity index (χ3v) is 4.56. The van der Waals surface area contributed by atoms with E-state index in [-0.39, 0.29) is 48.6 Å². The van der Waals surface area contributed by atoms with Gasteiger partial charge < -0.3 is 15.4 Å². The molecule has 8 nitrogen and oxygen atoms in total. The number of aromatic amines is 1. The maximum Gasteiger partial charge on any atom is 0.411 e. The van der Waals surface area contributed by atoms with Crippen LogP contribution in [-0.4, -0.2) is 34.8 Å². The van der Waals surface area contributed by atoms with E-state index in [1.807, 2.05) is 27.7 Å². The summed E-state index contributed by atoms with van der Waals surface area (Å²) in [6, 6.07) is 5.84. The maximum atomic E-state index is 13.3. The van der Waals surface area contributed by atoms with Crippen LogP contribution in [0.5, 0.6) is 0 Å². The molecule has 0 atom stereocenters. The van der Waals surface area contributed by atoms with Crippen molar-refractivity contribution < 1.29 is 22.7 Å². The van der Waals surface area contributed by atoms with E-state index < -0.39 is 29.9 Å². The van der Waals surface area contributed by atoms with Gasteiger partial charge in [0, 0.05) is 18.7 Å². The van der Waals surface area contributed by atoms with Crippen molar-refractivity contribution in [2.45, 2.75) is 47.0 Å². The molecule has 3 N–H and O–H groups in total. The first-order valence-corrected chi connectivity index (χ1v) is 10.5. The van der Waals surface area contributed by atoms with Gasteiger partial charge in [0.05, 0.1) is 6.61 Å². The third kappa shape index (κ3) is 7.21. The van der Waals surface area contributed by atoms with Gasteiger partial charge in [0.25, 0.3) is 11.5 Å². The Hall–Kier alpha value is -3.08. The Morgan fingerprint density at radius 3 is 2.24 bits per heavy atom. The van der Waals surface area contributed by atoms with E-state index in [0.29, 0.717) is 5.56 Å². The highest BCUT2D eigenvalue weighted by Gasteiger charge is 2.28. The van der Waals surface area contributed by atoms with Gasteiger partial charge in [-0.15, -0.1) is 0 Å². The van der Waals surface area contributed by atoms with Crippen molar-refractivity contribution in [3.8, 4) is 0 Å². The molecule has 182 valence electrons. The molecule has 0 aliphatic rings. The zero-order valence-corrected chi connectivity index (χ0v) is 19.0. The molecular formula is C22H29F3N4O4. The first-order chi connectivity index (χ1) is 15.3. The average molecular weight is 470 g/mol. The predicted molar refractivity (Wildman–Crippen MR) is 119 cm³/mol. The Labute approximate surface area is 189 Å². The number of ether oxygens (including phenoxy) is 1. The molecule has 33 heavy (non-hydrogen) atoms. The summed E-state index contributed by atoms with van der Waals surface area (Å²) < 4.78 is 42.6. The Bertz CT molecular complexity index is 1070. The lowest BCUT2D eigenvalue weighted by atomic mass is 10.1. The smallest absolute Gasteiger partial charge is 0.383 e. The molecule has 2 rings (SSSR count). The van der Waals surface area contributed by atoms with E-state index in [1.165, 1.54) is 33.7 Å². The van der Waals surface area contributed by atoms with Crippen LogP contribution in [0.3, 0.4) is 0 Å².